The third-order valence-corrected chi connectivity index (χ3v) is 9.15. The monoisotopic (exact) mass is 513 g/mol. The molecule has 1 saturated heterocycles. The zero-order valence-electron chi connectivity index (χ0n) is 20.5. The van der Waals surface area contributed by atoms with Crippen molar-refractivity contribution in [1.29, 1.82) is 0 Å². The van der Waals surface area contributed by atoms with Crippen LogP contribution >= 0.6 is 22.9 Å². The van der Waals surface area contributed by atoms with Crippen LogP contribution in [0.1, 0.15) is 38.8 Å². The van der Waals surface area contributed by atoms with Gasteiger partial charge < -0.3 is 14.0 Å². The summed E-state index contributed by atoms with van der Waals surface area (Å²) in [6.07, 6.45) is -0.294. The first-order valence-corrected chi connectivity index (χ1v) is 13.4. The number of ether oxygens (including phenoxy) is 1. The molecule has 5 aromatic rings. The second-order valence-corrected chi connectivity index (χ2v) is 12.2. The Bertz CT molecular complexity index is 1620. The number of halogens is 1. The van der Waals surface area contributed by atoms with Crippen LogP contribution in [-0.2, 0) is 9.31 Å². The molecule has 4 heterocycles. The van der Waals surface area contributed by atoms with Gasteiger partial charge in [0, 0.05) is 20.7 Å². The lowest BCUT2D eigenvalue weighted by molar-refractivity contribution is 0.00578. The number of rotatable bonds is 2. The Kier molecular flexibility index (Phi) is 4.75. The SMILES string of the molecule is CC1(C)OB(c2ccc3c(c2)OC(c2cc4ccccc4s2)n2c-3cc3cc(Cl)ccc32)OC1(C)C. The van der Waals surface area contributed by atoms with E-state index in [1.54, 1.807) is 11.3 Å². The highest BCUT2D eigenvalue weighted by atomic mass is 35.5. The first-order chi connectivity index (χ1) is 17.2. The maximum absolute atomic E-state index is 6.80. The number of benzene rings is 3. The van der Waals surface area contributed by atoms with Gasteiger partial charge in [0.2, 0.25) is 6.23 Å². The second-order valence-electron chi connectivity index (χ2n) is 10.6. The maximum Gasteiger partial charge on any atom is 0.494 e. The van der Waals surface area contributed by atoms with Crippen molar-refractivity contribution in [2.45, 2.75) is 45.1 Å². The third-order valence-electron chi connectivity index (χ3n) is 7.77. The lowest BCUT2D eigenvalue weighted by atomic mass is 9.78. The van der Waals surface area contributed by atoms with E-state index in [0.29, 0.717) is 0 Å². The summed E-state index contributed by atoms with van der Waals surface area (Å²) in [7, 11) is -0.446. The zero-order valence-corrected chi connectivity index (χ0v) is 22.1. The Labute approximate surface area is 219 Å². The normalized spacial score (nSPS) is 19.9. The zero-order chi connectivity index (χ0) is 24.8. The van der Waals surface area contributed by atoms with Crippen LogP contribution in [0.3, 0.4) is 0 Å². The number of hydrogen-bond acceptors (Lipinski definition) is 4. The van der Waals surface area contributed by atoms with Crippen molar-refractivity contribution in [1.82, 2.24) is 4.57 Å². The van der Waals surface area contributed by atoms with Crippen LogP contribution in [0.25, 0.3) is 32.2 Å². The molecule has 1 unspecified atom stereocenters. The van der Waals surface area contributed by atoms with E-state index in [9.17, 15) is 0 Å². The quantitative estimate of drug-likeness (QED) is 0.230. The standard InChI is InChI=1S/C29H25BClNO3S/c1-28(2)29(3,4)35-30(34-28)19-9-11-21-23-14-18-13-20(31)10-12-22(18)32(23)27(33-24(21)16-19)26-15-17-7-5-6-8-25(17)36-26/h5-16,27H,1-4H3. The Balaban J connectivity index is 1.39. The minimum Gasteiger partial charge on any atom is -0.464 e. The average molecular weight is 514 g/mol. The van der Waals surface area contributed by atoms with E-state index < -0.39 is 18.3 Å². The van der Waals surface area contributed by atoms with Crippen LogP contribution in [0.5, 0.6) is 5.75 Å². The first-order valence-electron chi connectivity index (χ1n) is 12.2. The number of thiophene rings is 1. The van der Waals surface area contributed by atoms with Gasteiger partial charge in [0.25, 0.3) is 0 Å². The van der Waals surface area contributed by atoms with Crippen molar-refractivity contribution >= 4 is 56.5 Å². The molecule has 0 radical (unpaired) electrons. The molecule has 36 heavy (non-hydrogen) atoms. The molecule has 0 N–H and O–H groups in total. The van der Waals surface area contributed by atoms with E-state index in [4.69, 9.17) is 25.6 Å². The summed E-state index contributed by atoms with van der Waals surface area (Å²) in [5, 5.41) is 3.04. The molecule has 2 aromatic heterocycles. The summed E-state index contributed by atoms with van der Waals surface area (Å²) < 4.78 is 23.0. The van der Waals surface area contributed by atoms with E-state index >= 15 is 0 Å². The molecule has 3 aromatic carbocycles. The first kappa shape index (κ1) is 22.4. The van der Waals surface area contributed by atoms with Gasteiger partial charge in [0.05, 0.1) is 27.3 Å². The van der Waals surface area contributed by atoms with Crippen LogP contribution in [0, 0.1) is 0 Å². The van der Waals surface area contributed by atoms with Gasteiger partial charge in [-0.2, -0.15) is 0 Å². The van der Waals surface area contributed by atoms with Gasteiger partial charge in [0.15, 0.2) is 0 Å². The van der Waals surface area contributed by atoms with Crippen LogP contribution in [0.2, 0.25) is 5.02 Å². The van der Waals surface area contributed by atoms with E-state index in [2.05, 4.69) is 92.9 Å². The molecule has 1 fully saturated rings. The lowest BCUT2D eigenvalue weighted by Gasteiger charge is -2.32. The molecule has 0 bridgehead atoms. The van der Waals surface area contributed by atoms with Crippen molar-refractivity contribution in [2.24, 2.45) is 0 Å². The molecule has 0 amide bonds. The predicted octanol–water partition coefficient (Wildman–Crippen LogP) is 7.41. The minimum atomic E-state index is -0.446. The molecular weight excluding hydrogens is 489 g/mol. The smallest absolute Gasteiger partial charge is 0.464 e. The predicted molar refractivity (Wildman–Crippen MR) is 149 cm³/mol. The highest BCUT2D eigenvalue weighted by Crippen LogP contribution is 2.46. The van der Waals surface area contributed by atoms with E-state index in [-0.39, 0.29) is 6.23 Å². The van der Waals surface area contributed by atoms with Gasteiger partial charge in [-0.05, 0) is 87.1 Å². The molecule has 1 atom stereocenters. The largest absolute Gasteiger partial charge is 0.494 e. The van der Waals surface area contributed by atoms with Crippen LogP contribution in [0.15, 0.2) is 72.8 Å². The van der Waals surface area contributed by atoms with E-state index in [1.165, 1.54) is 10.1 Å². The molecule has 0 saturated carbocycles. The Morgan fingerprint density at radius 2 is 1.64 bits per heavy atom. The van der Waals surface area contributed by atoms with Crippen LogP contribution in [-0.4, -0.2) is 22.9 Å². The number of nitrogens with zero attached hydrogens (tertiary/aromatic N) is 1. The van der Waals surface area contributed by atoms with Crippen LogP contribution in [0.4, 0.5) is 0 Å². The molecule has 7 rings (SSSR count). The Morgan fingerprint density at radius 3 is 2.42 bits per heavy atom. The number of fused-ring (bicyclic) bond motifs is 6. The van der Waals surface area contributed by atoms with Crippen LogP contribution < -0.4 is 10.2 Å². The highest BCUT2D eigenvalue weighted by Gasteiger charge is 2.52. The fourth-order valence-electron chi connectivity index (χ4n) is 5.12. The average Bonchev–Trinajstić information content (AvgIpc) is 3.49. The molecule has 7 heteroatoms. The molecule has 180 valence electrons. The topological polar surface area (TPSA) is 32.6 Å². The summed E-state index contributed by atoms with van der Waals surface area (Å²) in [6.45, 7) is 8.29. The van der Waals surface area contributed by atoms with Crippen molar-refractivity contribution in [3.8, 4) is 17.0 Å². The number of hydrogen-bond donors (Lipinski definition) is 0. The number of aromatic nitrogens is 1. The Morgan fingerprint density at radius 1 is 0.861 bits per heavy atom. The molecular formula is C29H25BClNO3S. The summed E-state index contributed by atoms with van der Waals surface area (Å²) in [5.41, 5.74) is 3.39. The van der Waals surface area contributed by atoms with Gasteiger partial charge in [-0.25, -0.2) is 0 Å². The summed E-state index contributed by atoms with van der Waals surface area (Å²) in [4.78, 5) is 1.15. The van der Waals surface area contributed by atoms with E-state index in [1.807, 2.05) is 12.1 Å². The van der Waals surface area contributed by atoms with E-state index in [0.717, 1.165) is 43.3 Å². The fraction of sp³-hybridized carbons (Fsp3) is 0.241. The highest BCUT2D eigenvalue weighted by molar-refractivity contribution is 7.19. The van der Waals surface area contributed by atoms with Gasteiger partial charge in [-0.1, -0.05) is 35.9 Å². The summed E-state index contributed by atoms with van der Waals surface area (Å²) in [6, 6.07) is 25.2. The second kappa shape index (κ2) is 7.62. The van der Waals surface area contributed by atoms with Crippen molar-refractivity contribution in [3.05, 3.63) is 82.7 Å². The summed E-state index contributed by atoms with van der Waals surface area (Å²) in [5.74, 6) is 0.825. The van der Waals surface area contributed by atoms with Crippen molar-refractivity contribution < 1.29 is 14.0 Å². The molecule has 0 aliphatic carbocycles. The van der Waals surface area contributed by atoms with Gasteiger partial charge in [-0.15, -0.1) is 11.3 Å². The molecule has 4 nitrogen and oxygen atoms in total. The minimum absolute atomic E-state index is 0.294. The molecule has 0 spiro atoms. The maximum atomic E-state index is 6.80. The summed E-state index contributed by atoms with van der Waals surface area (Å²) >= 11 is 8.13. The van der Waals surface area contributed by atoms with Gasteiger partial charge in [-0.3, -0.25) is 4.57 Å². The molecule has 2 aliphatic heterocycles. The van der Waals surface area contributed by atoms with Crippen molar-refractivity contribution in [3.63, 3.8) is 0 Å². The fourth-order valence-corrected chi connectivity index (χ4v) is 6.39. The van der Waals surface area contributed by atoms with Gasteiger partial charge >= 0.3 is 7.12 Å². The molecule has 2 aliphatic rings. The van der Waals surface area contributed by atoms with Crippen molar-refractivity contribution in [2.75, 3.05) is 0 Å². The van der Waals surface area contributed by atoms with Gasteiger partial charge in [0.1, 0.15) is 5.75 Å². The lowest BCUT2D eigenvalue weighted by Crippen LogP contribution is -2.41. The third kappa shape index (κ3) is 3.28. The Hall–Kier alpha value is -2.77.